The molecule has 10 heteroatoms. The second kappa shape index (κ2) is 16.5. The molecule has 0 radical (unpaired) electrons. The van der Waals surface area contributed by atoms with E-state index in [1.165, 1.54) is 31.3 Å². The third-order valence-corrected chi connectivity index (χ3v) is 10.7. The van der Waals surface area contributed by atoms with E-state index in [4.69, 9.17) is 9.47 Å². The summed E-state index contributed by atoms with van der Waals surface area (Å²) < 4.78 is 40.7. The van der Waals surface area contributed by atoms with Gasteiger partial charge < -0.3 is 19.7 Å². The molecule has 1 atom stereocenters. The average molecular weight is 684 g/mol. The fourth-order valence-electron chi connectivity index (χ4n) is 6.33. The molecule has 4 aromatic carbocycles. The molecule has 49 heavy (non-hydrogen) atoms. The zero-order valence-electron chi connectivity index (χ0n) is 28.4. The summed E-state index contributed by atoms with van der Waals surface area (Å²) in [7, 11) is -1.34. The van der Waals surface area contributed by atoms with Crippen LogP contribution in [0.1, 0.15) is 48.8 Å². The van der Waals surface area contributed by atoms with Crippen LogP contribution in [0.15, 0.2) is 108 Å². The standard InChI is InChI=1S/C39H45N3O6S/c1-29-13-12-16-31(25-29)27-41(36(26-30-14-6-4-7-15-30)39(44)40-32-17-8-5-9-18-32)38(43)28-42(35-19-10-11-20-37(35)48-3)49(45,46)34-23-21-33(47-2)22-24-34/h4,6-7,10-16,19-25,32,36H,5,8-9,17-18,26-28H2,1-3H3,(H,40,44)/t36-/m1/s1. The summed E-state index contributed by atoms with van der Waals surface area (Å²) in [5.74, 6) is 0.00672. The topological polar surface area (TPSA) is 105 Å². The molecule has 1 fully saturated rings. The Labute approximate surface area is 289 Å². The van der Waals surface area contributed by atoms with E-state index < -0.39 is 28.5 Å². The number of aryl methyl sites for hydroxylation is 1. The molecule has 9 nitrogen and oxygen atoms in total. The molecule has 0 bridgehead atoms. The van der Waals surface area contributed by atoms with Crippen molar-refractivity contribution < 1.29 is 27.5 Å². The van der Waals surface area contributed by atoms with Crippen LogP contribution in [0.3, 0.4) is 0 Å². The summed E-state index contributed by atoms with van der Waals surface area (Å²) in [6.45, 7) is 1.51. The highest BCUT2D eigenvalue weighted by atomic mass is 32.2. The van der Waals surface area contributed by atoms with E-state index in [0.29, 0.717) is 5.75 Å². The summed E-state index contributed by atoms with van der Waals surface area (Å²) in [5, 5.41) is 3.25. The van der Waals surface area contributed by atoms with Gasteiger partial charge in [0.25, 0.3) is 10.0 Å². The van der Waals surface area contributed by atoms with Crippen molar-refractivity contribution in [3.8, 4) is 11.5 Å². The Hall–Kier alpha value is -4.83. The number of anilines is 1. The van der Waals surface area contributed by atoms with Crippen molar-refractivity contribution >= 4 is 27.5 Å². The molecule has 0 aliphatic heterocycles. The Balaban J connectivity index is 1.58. The molecule has 4 aromatic rings. The molecule has 1 saturated carbocycles. The Bertz CT molecular complexity index is 1810. The lowest BCUT2D eigenvalue weighted by molar-refractivity contribution is -0.140. The number of methoxy groups -OCH3 is 2. The first-order valence-corrected chi connectivity index (χ1v) is 18.1. The summed E-state index contributed by atoms with van der Waals surface area (Å²) in [5.41, 5.74) is 2.93. The maximum atomic E-state index is 14.8. The summed E-state index contributed by atoms with van der Waals surface area (Å²) in [6.07, 6.45) is 5.25. The van der Waals surface area contributed by atoms with Crippen LogP contribution >= 0.6 is 0 Å². The molecule has 1 aliphatic rings. The van der Waals surface area contributed by atoms with Crippen LogP contribution in [-0.2, 0) is 32.6 Å². The monoisotopic (exact) mass is 683 g/mol. The maximum absolute atomic E-state index is 14.8. The first kappa shape index (κ1) is 35.5. The predicted octanol–water partition coefficient (Wildman–Crippen LogP) is 6.30. The highest BCUT2D eigenvalue weighted by Gasteiger charge is 2.36. The lowest BCUT2D eigenvalue weighted by atomic mass is 9.94. The number of ether oxygens (including phenoxy) is 2. The van der Waals surface area contributed by atoms with Gasteiger partial charge in [0.2, 0.25) is 11.8 Å². The van der Waals surface area contributed by atoms with Gasteiger partial charge in [-0.05, 0) is 67.3 Å². The van der Waals surface area contributed by atoms with Crippen LogP contribution in [0.2, 0.25) is 0 Å². The molecule has 0 spiro atoms. The first-order chi connectivity index (χ1) is 23.7. The number of nitrogens with one attached hydrogen (secondary N) is 1. The number of benzene rings is 4. The minimum absolute atomic E-state index is 0.0203. The van der Waals surface area contributed by atoms with Crippen molar-refractivity contribution in [3.63, 3.8) is 0 Å². The lowest BCUT2D eigenvalue weighted by Gasteiger charge is -2.35. The van der Waals surface area contributed by atoms with Gasteiger partial charge in [-0.1, -0.05) is 91.6 Å². The van der Waals surface area contributed by atoms with Gasteiger partial charge in [0.1, 0.15) is 24.1 Å². The van der Waals surface area contributed by atoms with E-state index in [1.54, 1.807) is 36.4 Å². The number of nitrogens with zero attached hydrogens (tertiary/aromatic N) is 2. The molecule has 258 valence electrons. The largest absolute Gasteiger partial charge is 0.497 e. The first-order valence-electron chi connectivity index (χ1n) is 16.7. The van der Waals surface area contributed by atoms with Crippen molar-refractivity contribution in [2.45, 2.75) is 69.0 Å². The van der Waals surface area contributed by atoms with Crippen LogP contribution in [0.5, 0.6) is 11.5 Å². The number of carbonyl (C=O) groups is 2. The molecule has 0 aromatic heterocycles. The Morgan fingerprint density at radius 3 is 2.16 bits per heavy atom. The van der Waals surface area contributed by atoms with Crippen LogP contribution < -0.4 is 19.1 Å². The SMILES string of the molecule is COc1ccc(S(=O)(=O)N(CC(=O)N(Cc2cccc(C)c2)[C@H](Cc2ccccc2)C(=O)NC2CCCCC2)c2ccccc2OC)cc1. The quantitative estimate of drug-likeness (QED) is 0.167. The minimum Gasteiger partial charge on any atom is -0.497 e. The molecular formula is C39H45N3O6S. The normalized spacial score (nSPS) is 14.0. The van der Waals surface area contributed by atoms with Crippen LogP contribution in [-0.4, -0.2) is 58.0 Å². The third-order valence-electron chi connectivity index (χ3n) is 8.94. The number of carbonyl (C=O) groups excluding carboxylic acids is 2. The zero-order chi connectivity index (χ0) is 34.8. The van der Waals surface area contributed by atoms with Crippen molar-refractivity contribution in [1.82, 2.24) is 10.2 Å². The molecule has 1 aliphatic carbocycles. The van der Waals surface area contributed by atoms with Gasteiger partial charge in [-0.25, -0.2) is 8.42 Å². The summed E-state index contributed by atoms with van der Waals surface area (Å²) in [6, 6.07) is 29.2. The van der Waals surface area contributed by atoms with E-state index in [1.807, 2.05) is 61.5 Å². The molecule has 1 N–H and O–H groups in total. The number of rotatable bonds is 14. The molecule has 0 heterocycles. The Morgan fingerprint density at radius 2 is 1.49 bits per heavy atom. The van der Waals surface area contributed by atoms with E-state index in [9.17, 15) is 18.0 Å². The van der Waals surface area contributed by atoms with Gasteiger partial charge in [-0.3, -0.25) is 13.9 Å². The van der Waals surface area contributed by atoms with Crippen molar-refractivity contribution in [3.05, 3.63) is 120 Å². The van der Waals surface area contributed by atoms with Crippen molar-refractivity contribution in [2.75, 3.05) is 25.1 Å². The molecule has 0 saturated heterocycles. The Morgan fingerprint density at radius 1 is 0.816 bits per heavy atom. The fraction of sp³-hybridized carbons (Fsp3) is 0.333. The zero-order valence-corrected chi connectivity index (χ0v) is 29.2. The number of para-hydroxylation sites is 2. The number of hydrogen-bond acceptors (Lipinski definition) is 6. The second-order valence-electron chi connectivity index (χ2n) is 12.4. The van der Waals surface area contributed by atoms with Gasteiger partial charge in [0.15, 0.2) is 0 Å². The van der Waals surface area contributed by atoms with Gasteiger partial charge in [-0.15, -0.1) is 0 Å². The summed E-state index contributed by atoms with van der Waals surface area (Å²) >= 11 is 0. The molecule has 2 amide bonds. The molecule has 0 unspecified atom stereocenters. The number of hydrogen-bond donors (Lipinski definition) is 1. The highest BCUT2D eigenvalue weighted by Crippen LogP contribution is 2.33. The second-order valence-corrected chi connectivity index (χ2v) is 14.3. The van der Waals surface area contributed by atoms with Crippen LogP contribution in [0, 0.1) is 6.92 Å². The van der Waals surface area contributed by atoms with Crippen molar-refractivity contribution in [1.29, 1.82) is 0 Å². The van der Waals surface area contributed by atoms with E-state index in [2.05, 4.69) is 5.32 Å². The van der Waals surface area contributed by atoms with Gasteiger partial charge in [0.05, 0.1) is 24.8 Å². The molecule has 5 rings (SSSR count). The smallest absolute Gasteiger partial charge is 0.264 e. The number of sulfonamides is 1. The van der Waals surface area contributed by atoms with Gasteiger partial charge in [-0.2, -0.15) is 0 Å². The van der Waals surface area contributed by atoms with Crippen molar-refractivity contribution in [2.24, 2.45) is 0 Å². The third kappa shape index (κ3) is 9.00. The summed E-state index contributed by atoms with van der Waals surface area (Å²) in [4.78, 5) is 30.6. The lowest BCUT2D eigenvalue weighted by Crippen LogP contribution is -2.55. The average Bonchev–Trinajstić information content (AvgIpc) is 3.12. The highest BCUT2D eigenvalue weighted by molar-refractivity contribution is 7.92. The number of amides is 2. The van der Waals surface area contributed by atoms with E-state index in [0.717, 1.165) is 53.1 Å². The van der Waals surface area contributed by atoms with Crippen LogP contribution in [0.25, 0.3) is 0 Å². The molecular weight excluding hydrogens is 639 g/mol. The predicted molar refractivity (Wildman–Crippen MR) is 191 cm³/mol. The van der Waals surface area contributed by atoms with Crippen LogP contribution in [0.4, 0.5) is 5.69 Å². The maximum Gasteiger partial charge on any atom is 0.264 e. The van der Waals surface area contributed by atoms with Gasteiger partial charge >= 0.3 is 0 Å². The minimum atomic E-state index is -4.30. The van der Waals surface area contributed by atoms with Gasteiger partial charge in [0, 0.05) is 19.0 Å². The van der Waals surface area contributed by atoms with E-state index >= 15 is 0 Å². The van der Waals surface area contributed by atoms with E-state index in [-0.39, 0.29) is 41.2 Å². The fourth-order valence-corrected chi connectivity index (χ4v) is 7.75. The Kier molecular flexibility index (Phi) is 12.0.